The molecule has 4 heteroatoms. The predicted octanol–water partition coefficient (Wildman–Crippen LogP) is -0.574. The zero-order valence-electron chi connectivity index (χ0n) is 5.98. The number of rotatable bonds is 2. The van der Waals surface area contributed by atoms with Crippen LogP contribution in [0.3, 0.4) is 0 Å². The van der Waals surface area contributed by atoms with Crippen molar-refractivity contribution in [2.24, 2.45) is 0 Å². The van der Waals surface area contributed by atoms with Crippen molar-refractivity contribution in [3.8, 4) is 11.8 Å². The Bertz CT molecular complexity index is 216. The first-order valence-corrected chi connectivity index (χ1v) is 3.38. The highest BCUT2D eigenvalue weighted by Gasteiger charge is 2.60. The van der Waals surface area contributed by atoms with Crippen molar-refractivity contribution in [3.63, 3.8) is 0 Å². The summed E-state index contributed by atoms with van der Waals surface area (Å²) in [5, 5.41) is 8.99. The molecule has 2 aliphatic heterocycles. The zero-order chi connectivity index (χ0) is 7.84. The highest BCUT2D eigenvalue weighted by molar-refractivity contribution is 4.99. The summed E-state index contributed by atoms with van der Waals surface area (Å²) >= 11 is 0. The molecule has 0 spiro atoms. The lowest BCUT2D eigenvalue weighted by Crippen LogP contribution is -2.38. The van der Waals surface area contributed by atoms with Crippen LogP contribution in [0.25, 0.3) is 0 Å². The molecule has 4 atom stereocenters. The van der Waals surface area contributed by atoms with Gasteiger partial charge in [-0.25, -0.2) is 0 Å². The molecule has 11 heavy (non-hydrogen) atoms. The van der Waals surface area contributed by atoms with E-state index in [9.17, 15) is 0 Å². The number of ether oxygens (including phenoxy) is 3. The van der Waals surface area contributed by atoms with Gasteiger partial charge in [-0.1, -0.05) is 0 Å². The third kappa shape index (κ3) is 1.24. The molecular weight excluding hydrogens is 148 g/mol. The van der Waals surface area contributed by atoms with Crippen LogP contribution in [0, 0.1) is 11.8 Å². The first-order valence-electron chi connectivity index (χ1n) is 3.38. The SMILES string of the molecule is CC#CC(O)OC1OC2OC12. The van der Waals surface area contributed by atoms with Crippen molar-refractivity contribution in [2.45, 2.75) is 31.9 Å². The van der Waals surface area contributed by atoms with Gasteiger partial charge < -0.3 is 19.3 Å². The molecule has 1 N–H and O–H groups in total. The van der Waals surface area contributed by atoms with Crippen LogP contribution in [-0.2, 0) is 14.2 Å². The van der Waals surface area contributed by atoms with Crippen molar-refractivity contribution in [1.29, 1.82) is 0 Å². The smallest absolute Gasteiger partial charge is 0.222 e. The Kier molecular flexibility index (Phi) is 1.59. The molecular formula is C7H8O4. The van der Waals surface area contributed by atoms with Gasteiger partial charge in [0.1, 0.15) is 0 Å². The van der Waals surface area contributed by atoms with Crippen molar-refractivity contribution in [2.75, 3.05) is 0 Å². The summed E-state index contributed by atoms with van der Waals surface area (Å²) < 4.78 is 14.8. The molecule has 0 aromatic rings. The van der Waals surface area contributed by atoms with Gasteiger partial charge in [0.25, 0.3) is 0 Å². The maximum Gasteiger partial charge on any atom is 0.222 e. The molecule has 2 fully saturated rings. The Morgan fingerprint density at radius 2 is 2.36 bits per heavy atom. The van der Waals surface area contributed by atoms with E-state index in [0.29, 0.717) is 0 Å². The van der Waals surface area contributed by atoms with Crippen LogP contribution in [0.2, 0.25) is 0 Å². The summed E-state index contributed by atoms with van der Waals surface area (Å²) in [5.74, 6) is 4.96. The van der Waals surface area contributed by atoms with Gasteiger partial charge >= 0.3 is 0 Å². The molecule has 60 valence electrons. The van der Waals surface area contributed by atoms with E-state index in [1.54, 1.807) is 6.92 Å². The lowest BCUT2D eigenvalue weighted by atomic mass is 10.3. The van der Waals surface area contributed by atoms with Gasteiger partial charge in [0, 0.05) is 0 Å². The Morgan fingerprint density at radius 3 is 2.82 bits per heavy atom. The number of aliphatic hydroxyl groups is 1. The first-order chi connectivity index (χ1) is 5.31. The maximum atomic E-state index is 8.99. The highest BCUT2D eigenvalue weighted by atomic mass is 16.9. The molecule has 0 aliphatic carbocycles. The van der Waals surface area contributed by atoms with Gasteiger partial charge in [0.15, 0.2) is 18.7 Å². The summed E-state index contributed by atoms with van der Waals surface area (Å²) in [5.41, 5.74) is 0. The Morgan fingerprint density at radius 1 is 1.55 bits per heavy atom. The average molecular weight is 156 g/mol. The summed E-state index contributed by atoms with van der Waals surface area (Å²) in [7, 11) is 0. The van der Waals surface area contributed by atoms with Crippen molar-refractivity contribution < 1.29 is 19.3 Å². The number of hydrogen-bond donors (Lipinski definition) is 1. The van der Waals surface area contributed by atoms with Crippen LogP contribution < -0.4 is 0 Å². The average Bonchev–Trinajstić information content (AvgIpc) is 2.57. The standard InChI is InChI=1S/C7H8O4/c1-2-3-4(8)9-6-5-7(10-5)11-6/h4-8H,1H3. The highest BCUT2D eigenvalue weighted by Crippen LogP contribution is 2.40. The van der Waals surface area contributed by atoms with Gasteiger partial charge in [-0.2, -0.15) is 0 Å². The largest absolute Gasteiger partial charge is 0.358 e. The second-order valence-corrected chi connectivity index (χ2v) is 2.36. The minimum atomic E-state index is -1.06. The Labute approximate surface area is 64.1 Å². The van der Waals surface area contributed by atoms with Crippen molar-refractivity contribution in [3.05, 3.63) is 0 Å². The number of aliphatic hydroxyl groups excluding tert-OH is 1. The van der Waals surface area contributed by atoms with E-state index < -0.39 is 12.6 Å². The second-order valence-electron chi connectivity index (χ2n) is 2.36. The fraction of sp³-hybridized carbons (Fsp3) is 0.714. The van der Waals surface area contributed by atoms with Gasteiger partial charge in [-0.15, -0.1) is 5.92 Å². The molecule has 0 saturated carbocycles. The quantitative estimate of drug-likeness (QED) is 0.330. The third-order valence-electron chi connectivity index (χ3n) is 1.55. The molecule has 0 aromatic carbocycles. The lowest BCUT2D eigenvalue weighted by molar-refractivity contribution is -0.250. The monoisotopic (exact) mass is 156 g/mol. The van der Waals surface area contributed by atoms with Gasteiger partial charge in [0.2, 0.25) is 6.29 Å². The minimum Gasteiger partial charge on any atom is -0.358 e. The number of fused-ring (bicyclic) bond motifs is 1. The van der Waals surface area contributed by atoms with Gasteiger partial charge in [0.05, 0.1) is 0 Å². The molecule has 4 nitrogen and oxygen atoms in total. The molecule has 2 heterocycles. The van der Waals surface area contributed by atoms with E-state index in [-0.39, 0.29) is 12.4 Å². The summed E-state index contributed by atoms with van der Waals surface area (Å²) in [4.78, 5) is 0. The van der Waals surface area contributed by atoms with Crippen LogP contribution in [0.4, 0.5) is 0 Å². The van der Waals surface area contributed by atoms with E-state index in [1.807, 2.05) is 0 Å². The maximum absolute atomic E-state index is 8.99. The van der Waals surface area contributed by atoms with Gasteiger partial charge in [-0.05, 0) is 12.8 Å². The number of epoxide rings is 1. The second kappa shape index (κ2) is 2.47. The minimum absolute atomic E-state index is 0.0308. The fourth-order valence-electron chi connectivity index (χ4n) is 0.926. The number of hydrogen-bond acceptors (Lipinski definition) is 4. The molecule has 0 radical (unpaired) electrons. The predicted molar refractivity (Wildman–Crippen MR) is 34.1 cm³/mol. The molecule has 0 bridgehead atoms. The van der Waals surface area contributed by atoms with Gasteiger partial charge in [-0.3, -0.25) is 0 Å². The summed E-state index contributed by atoms with van der Waals surface area (Å²) in [6.07, 6.45) is -1.53. The molecule has 0 amide bonds. The topological polar surface area (TPSA) is 51.2 Å². The van der Waals surface area contributed by atoms with Crippen LogP contribution >= 0.6 is 0 Å². The molecule has 4 unspecified atom stereocenters. The van der Waals surface area contributed by atoms with E-state index in [0.717, 1.165) is 0 Å². The Balaban J connectivity index is 1.75. The van der Waals surface area contributed by atoms with Crippen LogP contribution in [0.1, 0.15) is 6.92 Å². The normalized spacial score (nSPS) is 41.1. The zero-order valence-corrected chi connectivity index (χ0v) is 5.98. The summed E-state index contributed by atoms with van der Waals surface area (Å²) in [6.45, 7) is 1.63. The van der Waals surface area contributed by atoms with Crippen molar-refractivity contribution in [1.82, 2.24) is 0 Å². The van der Waals surface area contributed by atoms with Crippen molar-refractivity contribution >= 4 is 0 Å². The Hall–Kier alpha value is -0.600. The van der Waals surface area contributed by atoms with Crippen LogP contribution in [0.15, 0.2) is 0 Å². The third-order valence-corrected chi connectivity index (χ3v) is 1.55. The first kappa shape index (κ1) is 7.07. The van der Waals surface area contributed by atoms with E-state index >= 15 is 0 Å². The molecule has 2 aliphatic rings. The van der Waals surface area contributed by atoms with E-state index in [4.69, 9.17) is 19.3 Å². The van der Waals surface area contributed by atoms with Crippen LogP contribution in [-0.4, -0.2) is 30.1 Å². The molecule has 2 saturated heterocycles. The van der Waals surface area contributed by atoms with Crippen LogP contribution in [0.5, 0.6) is 0 Å². The lowest BCUT2D eigenvalue weighted by Gasteiger charge is -2.21. The van der Waals surface area contributed by atoms with E-state index in [2.05, 4.69) is 11.8 Å². The van der Waals surface area contributed by atoms with E-state index in [1.165, 1.54) is 0 Å². The molecule has 0 aromatic heterocycles. The summed E-state index contributed by atoms with van der Waals surface area (Å²) in [6, 6.07) is 0. The molecule has 2 rings (SSSR count). The fourth-order valence-corrected chi connectivity index (χ4v) is 0.926.